The van der Waals surface area contributed by atoms with Gasteiger partial charge in [0.05, 0.1) is 13.0 Å². The maximum atomic E-state index is 12.2. The number of aryl methyl sites for hydroxylation is 1. The molecule has 0 fully saturated rings. The van der Waals surface area contributed by atoms with Gasteiger partial charge in [-0.1, -0.05) is 48.7 Å². The lowest BCUT2D eigenvalue weighted by molar-refractivity contribution is -0.169. The fourth-order valence-corrected chi connectivity index (χ4v) is 2.00. The molecular weight excluding hydrogens is 354 g/mol. The van der Waals surface area contributed by atoms with Crippen molar-refractivity contribution >= 4 is 24.0 Å². The molecule has 9 nitrogen and oxygen atoms in total. The fraction of sp³-hybridized carbons (Fsp3) is 0.444. The lowest BCUT2D eigenvalue weighted by Gasteiger charge is -2.26. The Morgan fingerprint density at radius 2 is 1.85 bits per heavy atom. The number of hydrogen-bond acceptors (Lipinski definition) is 6. The van der Waals surface area contributed by atoms with E-state index >= 15 is 0 Å². The summed E-state index contributed by atoms with van der Waals surface area (Å²) in [6, 6.07) is 9.25. The minimum absolute atomic E-state index is 0.0152. The Balaban J connectivity index is 2.73. The van der Waals surface area contributed by atoms with Crippen LogP contribution in [0.1, 0.15) is 31.7 Å². The van der Waals surface area contributed by atoms with Crippen LogP contribution in [0.25, 0.3) is 0 Å². The number of carbonyl (C=O) groups excluding carboxylic acids is 2. The van der Waals surface area contributed by atoms with Crippen LogP contribution >= 0.6 is 0 Å². The van der Waals surface area contributed by atoms with E-state index in [1.807, 2.05) is 37.3 Å². The van der Waals surface area contributed by atoms with Crippen molar-refractivity contribution in [3.63, 3.8) is 0 Å². The molecule has 27 heavy (non-hydrogen) atoms. The van der Waals surface area contributed by atoms with Crippen molar-refractivity contribution in [3.05, 3.63) is 35.9 Å². The zero-order valence-corrected chi connectivity index (χ0v) is 15.5. The number of carboxylic acid groups (broad SMARTS) is 1. The molecule has 0 aliphatic rings. The van der Waals surface area contributed by atoms with E-state index in [1.165, 1.54) is 7.05 Å². The molecular formula is C18H25N3O6. The van der Waals surface area contributed by atoms with Crippen LogP contribution in [-0.4, -0.2) is 59.3 Å². The zero-order valence-electron chi connectivity index (χ0n) is 15.5. The quantitative estimate of drug-likeness (QED) is 0.308. The number of ether oxygens (including phenoxy) is 1. The summed E-state index contributed by atoms with van der Waals surface area (Å²) in [5, 5.41) is 17.2. The number of likely N-dealkylation sites (N-methyl/N-ethyl adjacent to an activating group) is 1. The molecule has 148 valence electrons. The highest BCUT2D eigenvalue weighted by atomic mass is 16.8. The molecule has 1 rings (SSSR count). The van der Waals surface area contributed by atoms with Crippen molar-refractivity contribution in [3.8, 4) is 0 Å². The minimum atomic E-state index is -1.20. The third-order valence-electron chi connectivity index (χ3n) is 3.47. The van der Waals surface area contributed by atoms with E-state index in [-0.39, 0.29) is 13.0 Å². The van der Waals surface area contributed by atoms with Crippen molar-refractivity contribution in [1.82, 2.24) is 9.96 Å². The second-order valence-corrected chi connectivity index (χ2v) is 5.78. The van der Waals surface area contributed by atoms with Gasteiger partial charge in [0.1, 0.15) is 6.54 Å². The van der Waals surface area contributed by atoms with Crippen molar-refractivity contribution in [2.45, 2.75) is 32.6 Å². The molecule has 1 aromatic carbocycles. The molecule has 0 atom stereocenters. The molecule has 1 amide bonds. The summed E-state index contributed by atoms with van der Waals surface area (Å²) in [7, 11) is 1.29. The largest absolute Gasteiger partial charge is 0.480 e. The monoisotopic (exact) mass is 379 g/mol. The highest BCUT2D eigenvalue weighted by Crippen LogP contribution is 2.07. The van der Waals surface area contributed by atoms with Crippen LogP contribution in [0.2, 0.25) is 0 Å². The number of hydroxylamine groups is 2. The van der Waals surface area contributed by atoms with Gasteiger partial charge in [-0.2, -0.15) is 0 Å². The van der Waals surface area contributed by atoms with Gasteiger partial charge in [0.2, 0.25) is 5.96 Å². The molecule has 0 spiro atoms. The molecule has 0 unspecified atom stereocenters. The van der Waals surface area contributed by atoms with Gasteiger partial charge in [-0.25, -0.2) is 9.59 Å². The Morgan fingerprint density at radius 3 is 2.44 bits per heavy atom. The molecule has 0 bridgehead atoms. The number of amides is 1. The second kappa shape index (κ2) is 11.5. The summed E-state index contributed by atoms with van der Waals surface area (Å²) in [5.41, 5.74) is 0.921. The van der Waals surface area contributed by atoms with Gasteiger partial charge in [-0.05, 0) is 18.4 Å². The lowest BCUT2D eigenvalue weighted by Crippen LogP contribution is -2.48. The molecule has 0 saturated carbocycles. The summed E-state index contributed by atoms with van der Waals surface area (Å²) >= 11 is 0. The summed E-state index contributed by atoms with van der Waals surface area (Å²) < 4.78 is 4.98. The van der Waals surface area contributed by atoms with Gasteiger partial charge in [-0.3, -0.25) is 10.2 Å². The average molecular weight is 379 g/mol. The fourth-order valence-electron chi connectivity index (χ4n) is 2.00. The molecule has 0 saturated heterocycles. The molecule has 0 aromatic heterocycles. The molecule has 0 aliphatic carbocycles. The smallest absolute Gasteiger partial charge is 0.451 e. The number of guanidine groups is 1. The number of unbranched alkanes of at least 4 members (excludes halogenated alkanes) is 1. The van der Waals surface area contributed by atoms with Gasteiger partial charge in [-0.15, -0.1) is 0 Å². The van der Waals surface area contributed by atoms with Crippen molar-refractivity contribution in [2.75, 3.05) is 20.2 Å². The highest BCUT2D eigenvalue weighted by Gasteiger charge is 2.28. The van der Waals surface area contributed by atoms with Crippen molar-refractivity contribution < 1.29 is 29.1 Å². The maximum absolute atomic E-state index is 12.2. The summed E-state index contributed by atoms with van der Waals surface area (Å²) in [6.45, 7) is 1.47. The number of benzene rings is 1. The Kier molecular flexibility index (Phi) is 9.35. The molecule has 9 heteroatoms. The zero-order chi connectivity index (χ0) is 20.2. The van der Waals surface area contributed by atoms with E-state index in [9.17, 15) is 14.4 Å². The Labute approximate surface area is 157 Å². The molecule has 0 aliphatic heterocycles. The first-order valence-corrected chi connectivity index (χ1v) is 8.58. The Hall–Kier alpha value is -3.10. The molecule has 0 heterocycles. The predicted octanol–water partition coefficient (Wildman–Crippen LogP) is 2.27. The lowest BCUT2D eigenvalue weighted by atomic mass is 10.1. The third-order valence-corrected chi connectivity index (χ3v) is 3.47. The number of aliphatic carboxylic acids is 1. The van der Waals surface area contributed by atoms with Crippen LogP contribution in [0.3, 0.4) is 0 Å². The van der Waals surface area contributed by atoms with E-state index in [4.69, 9.17) is 20.1 Å². The first-order valence-electron chi connectivity index (χ1n) is 8.58. The van der Waals surface area contributed by atoms with Crippen molar-refractivity contribution in [2.24, 2.45) is 0 Å². The van der Waals surface area contributed by atoms with E-state index in [0.717, 1.165) is 16.9 Å². The summed E-state index contributed by atoms with van der Waals surface area (Å²) in [6.07, 6.45) is 0.745. The van der Waals surface area contributed by atoms with Crippen LogP contribution in [-0.2, 0) is 25.6 Å². The average Bonchev–Trinajstić information content (AvgIpc) is 2.64. The molecule has 2 N–H and O–H groups in total. The topological polar surface area (TPSA) is 120 Å². The van der Waals surface area contributed by atoms with Crippen LogP contribution < -0.4 is 0 Å². The van der Waals surface area contributed by atoms with Crippen LogP contribution in [0, 0.1) is 5.41 Å². The summed E-state index contributed by atoms with van der Waals surface area (Å²) in [5.74, 6) is -2.54. The van der Waals surface area contributed by atoms with Gasteiger partial charge >= 0.3 is 18.0 Å². The number of carboxylic acids is 1. The van der Waals surface area contributed by atoms with E-state index in [0.29, 0.717) is 17.9 Å². The predicted molar refractivity (Wildman–Crippen MR) is 96.9 cm³/mol. The Morgan fingerprint density at radius 1 is 1.19 bits per heavy atom. The summed E-state index contributed by atoms with van der Waals surface area (Å²) in [4.78, 5) is 41.0. The number of hydrogen-bond donors (Lipinski definition) is 2. The maximum Gasteiger partial charge on any atom is 0.451 e. The standard InChI is InChI=1S/C18H25N3O6/c1-3-4-12-26-18(25)21(17(19)20(2)13-15(22)23)27-16(24)11-10-14-8-6-5-7-9-14/h5-9,19H,3-4,10-13H2,1-2H3,(H,22,23). The van der Waals surface area contributed by atoms with Gasteiger partial charge in [0.25, 0.3) is 0 Å². The normalized spacial score (nSPS) is 10.0. The van der Waals surface area contributed by atoms with E-state index in [2.05, 4.69) is 0 Å². The highest BCUT2D eigenvalue weighted by molar-refractivity contribution is 5.93. The van der Waals surface area contributed by atoms with Crippen LogP contribution in [0.4, 0.5) is 4.79 Å². The van der Waals surface area contributed by atoms with Gasteiger partial charge in [0.15, 0.2) is 0 Å². The molecule has 1 aromatic rings. The van der Waals surface area contributed by atoms with Crippen molar-refractivity contribution in [1.29, 1.82) is 5.41 Å². The second-order valence-electron chi connectivity index (χ2n) is 5.78. The Bertz CT molecular complexity index is 650. The third kappa shape index (κ3) is 8.21. The number of nitrogens with one attached hydrogen (secondary N) is 1. The van der Waals surface area contributed by atoms with Crippen LogP contribution in [0.15, 0.2) is 30.3 Å². The first-order chi connectivity index (χ1) is 12.8. The number of rotatable bonds is 8. The minimum Gasteiger partial charge on any atom is -0.480 e. The number of carbonyl (C=O) groups is 3. The molecule has 0 radical (unpaired) electrons. The number of nitrogens with zero attached hydrogens (tertiary/aromatic N) is 2. The van der Waals surface area contributed by atoms with Crippen LogP contribution in [0.5, 0.6) is 0 Å². The van der Waals surface area contributed by atoms with Gasteiger partial charge in [0, 0.05) is 7.05 Å². The SMILES string of the molecule is CCCCOC(=O)N(OC(=O)CCc1ccccc1)C(=N)N(C)CC(=O)O. The first kappa shape index (κ1) is 21.9. The van der Waals surface area contributed by atoms with E-state index < -0.39 is 30.5 Å². The van der Waals surface area contributed by atoms with E-state index in [1.54, 1.807) is 0 Å². The van der Waals surface area contributed by atoms with Gasteiger partial charge < -0.3 is 19.6 Å².